The maximum atomic E-state index is 11.8. The summed E-state index contributed by atoms with van der Waals surface area (Å²) in [7, 11) is 0. The predicted molar refractivity (Wildman–Crippen MR) is 89.5 cm³/mol. The molecule has 5 heteroatoms. The highest BCUT2D eigenvalue weighted by Gasteiger charge is 2.10. The Kier molecular flexibility index (Phi) is 7.03. The minimum Gasteiger partial charge on any atom is -0.494 e. The molecule has 1 saturated heterocycles. The lowest BCUT2D eigenvalue weighted by molar-refractivity contribution is 0.251. The molecule has 1 heterocycles. The Morgan fingerprint density at radius 1 is 1.18 bits per heavy atom. The van der Waals surface area contributed by atoms with Gasteiger partial charge < -0.3 is 20.3 Å². The molecule has 0 radical (unpaired) electrons. The largest absolute Gasteiger partial charge is 0.494 e. The third-order valence-corrected chi connectivity index (χ3v) is 3.81. The first kappa shape index (κ1) is 16.6. The Balaban J connectivity index is 1.56. The summed E-state index contributed by atoms with van der Waals surface area (Å²) < 4.78 is 5.37. The zero-order valence-corrected chi connectivity index (χ0v) is 13.4. The van der Waals surface area contributed by atoms with E-state index in [9.17, 15) is 4.79 Å². The number of carbonyl (C=O) groups excluding carboxylic acids is 1. The fraction of sp³-hybridized carbons (Fsp3) is 0.588. The van der Waals surface area contributed by atoms with Gasteiger partial charge in [0.2, 0.25) is 0 Å². The van der Waals surface area contributed by atoms with Crippen LogP contribution in [-0.4, -0.2) is 43.7 Å². The zero-order chi connectivity index (χ0) is 15.6. The van der Waals surface area contributed by atoms with E-state index in [4.69, 9.17) is 4.74 Å². The second-order valence-corrected chi connectivity index (χ2v) is 5.59. The van der Waals surface area contributed by atoms with E-state index in [0.717, 1.165) is 37.4 Å². The first-order chi connectivity index (χ1) is 10.8. The van der Waals surface area contributed by atoms with Gasteiger partial charge in [-0.05, 0) is 76.5 Å². The van der Waals surface area contributed by atoms with E-state index in [-0.39, 0.29) is 6.03 Å². The van der Waals surface area contributed by atoms with Gasteiger partial charge in [0.15, 0.2) is 0 Å². The molecule has 2 rings (SSSR count). The van der Waals surface area contributed by atoms with Gasteiger partial charge in [-0.25, -0.2) is 4.79 Å². The Hall–Kier alpha value is -1.75. The SMILES string of the molecule is CCOc1ccc(NC(=O)NCCCCN2CCCC2)cc1. The van der Waals surface area contributed by atoms with E-state index in [0.29, 0.717) is 6.61 Å². The number of rotatable bonds is 8. The van der Waals surface area contributed by atoms with Gasteiger partial charge in [0, 0.05) is 12.2 Å². The monoisotopic (exact) mass is 305 g/mol. The van der Waals surface area contributed by atoms with Crippen molar-refractivity contribution < 1.29 is 9.53 Å². The van der Waals surface area contributed by atoms with Gasteiger partial charge in [-0.1, -0.05) is 0 Å². The van der Waals surface area contributed by atoms with Crippen LogP contribution >= 0.6 is 0 Å². The quantitative estimate of drug-likeness (QED) is 0.726. The summed E-state index contributed by atoms with van der Waals surface area (Å²) in [6.07, 6.45) is 4.84. The zero-order valence-electron chi connectivity index (χ0n) is 13.4. The van der Waals surface area contributed by atoms with Crippen molar-refractivity contribution in [2.45, 2.75) is 32.6 Å². The topological polar surface area (TPSA) is 53.6 Å². The van der Waals surface area contributed by atoms with Gasteiger partial charge >= 0.3 is 6.03 Å². The fourth-order valence-corrected chi connectivity index (χ4v) is 2.65. The Bertz CT molecular complexity index is 442. The van der Waals surface area contributed by atoms with Gasteiger partial charge in [0.25, 0.3) is 0 Å². The van der Waals surface area contributed by atoms with Crippen molar-refractivity contribution in [2.24, 2.45) is 0 Å². The standard InChI is InChI=1S/C17H27N3O2/c1-2-22-16-9-7-15(8-10-16)19-17(21)18-11-3-4-12-20-13-5-6-14-20/h7-10H,2-6,11-14H2,1H3,(H2,18,19,21). The van der Waals surface area contributed by atoms with E-state index in [1.165, 1.54) is 25.9 Å². The molecule has 1 fully saturated rings. The highest BCUT2D eigenvalue weighted by Crippen LogP contribution is 2.15. The van der Waals surface area contributed by atoms with Crippen LogP contribution in [0.4, 0.5) is 10.5 Å². The van der Waals surface area contributed by atoms with Crippen LogP contribution in [0.3, 0.4) is 0 Å². The molecular formula is C17H27N3O2. The van der Waals surface area contributed by atoms with Crippen molar-refractivity contribution in [3.63, 3.8) is 0 Å². The number of benzene rings is 1. The third kappa shape index (κ3) is 5.93. The summed E-state index contributed by atoms with van der Waals surface area (Å²) in [6.45, 7) is 6.95. The van der Waals surface area contributed by atoms with Crippen LogP contribution < -0.4 is 15.4 Å². The van der Waals surface area contributed by atoms with Crippen LogP contribution in [0.25, 0.3) is 0 Å². The number of amides is 2. The Morgan fingerprint density at radius 3 is 2.59 bits per heavy atom. The molecule has 1 aliphatic heterocycles. The maximum Gasteiger partial charge on any atom is 0.319 e. The molecule has 1 aromatic rings. The highest BCUT2D eigenvalue weighted by atomic mass is 16.5. The van der Waals surface area contributed by atoms with Crippen molar-refractivity contribution in [1.29, 1.82) is 0 Å². The second-order valence-electron chi connectivity index (χ2n) is 5.59. The Labute approximate surface area is 133 Å². The number of anilines is 1. The number of nitrogens with zero attached hydrogens (tertiary/aromatic N) is 1. The van der Waals surface area contributed by atoms with Crippen LogP contribution in [0.5, 0.6) is 5.75 Å². The van der Waals surface area contributed by atoms with Gasteiger partial charge in [-0.2, -0.15) is 0 Å². The molecule has 0 atom stereocenters. The van der Waals surface area contributed by atoms with Crippen LogP contribution in [-0.2, 0) is 0 Å². The van der Waals surface area contributed by atoms with Crippen molar-refractivity contribution in [1.82, 2.24) is 10.2 Å². The maximum absolute atomic E-state index is 11.8. The number of ether oxygens (including phenoxy) is 1. The van der Waals surface area contributed by atoms with Crippen molar-refractivity contribution in [3.05, 3.63) is 24.3 Å². The first-order valence-corrected chi connectivity index (χ1v) is 8.28. The normalized spacial score (nSPS) is 14.8. The summed E-state index contributed by atoms with van der Waals surface area (Å²) in [5.74, 6) is 0.815. The summed E-state index contributed by atoms with van der Waals surface area (Å²) >= 11 is 0. The minimum absolute atomic E-state index is 0.148. The molecule has 1 aromatic carbocycles. The van der Waals surface area contributed by atoms with E-state index >= 15 is 0 Å². The molecule has 0 saturated carbocycles. The molecule has 0 aliphatic carbocycles. The molecule has 22 heavy (non-hydrogen) atoms. The molecule has 0 aromatic heterocycles. The molecule has 2 amide bonds. The number of nitrogens with one attached hydrogen (secondary N) is 2. The number of unbranched alkanes of at least 4 members (excludes halogenated alkanes) is 1. The van der Waals surface area contributed by atoms with Gasteiger partial charge in [0.05, 0.1) is 6.61 Å². The van der Waals surface area contributed by atoms with E-state index in [1.54, 1.807) is 0 Å². The lowest BCUT2D eigenvalue weighted by Crippen LogP contribution is -2.30. The smallest absolute Gasteiger partial charge is 0.319 e. The first-order valence-electron chi connectivity index (χ1n) is 8.28. The van der Waals surface area contributed by atoms with Crippen molar-refractivity contribution in [2.75, 3.05) is 38.1 Å². The summed E-state index contributed by atoms with van der Waals surface area (Å²) in [4.78, 5) is 14.3. The Morgan fingerprint density at radius 2 is 1.91 bits per heavy atom. The van der Waals surface area contributed by atoms with Crippen molar-refractivity contribution in [3.8, 4) is 5.75 Å². The molecule has 1 aliphatic rings. The molecule has 2 N–H and O–H groups in total. The molecule has 0 unspecified atom stereocenters. The van der Waals surface area contributed by atoms with Crippen LogP contribution in [0.15, 0.2) is 24.3 Å². The summed E-state index contributed by atoms with van der Waals surface area (Å²) in [5.41, 5.74) is 0.776. The molecule has 5 nitrogen and oxygen atoms in total. The molecule has 122 valence electrons. The van der Waals surface area contributed by atoms with E-state index in [2.05, 4.69) is 15.5 Å². The number of likely N-dealkylation sites (tertiary alicyclic amines) is 1. The number of hydrogen-bond acceptors (Lipinski definition) is 3. The van der Waals surface area contributed by atoms with E-state index < -0.39 is 0 Å². The lowest BCUT2D eigenvalue weighted by atomic mass is 10.3. The fourth-order valence-electron chi connectivity index (χ4n) is 2.65. The number of urea groups is 1. The molecular weight excluding hydrogens is 278 g/mol. The lowest BCUT2D eigenvalue weighted by Gasteiger charge is -2.14. The minimum atomic E-state index is -0.148. The van der Waals surface area contributed by atoms with Crippen molar-refractivity contribution >= 4 is 11.7 Å². The van der Waals surface area contributed by atoms with Gasteiger partial charge in [-0.15, -0.1) is 0 Å². The summed E-state index contributed by atoms with van der Waals surface area (Å²) in [6, 6.07) is 7.26. The second kappa shape index (κ2) is 9.30. The average molecular weight is 305 g/mol. The van der Waals surface area contributed by atoms with Gasteiger partial charge in [0.1, 0.15) is 5.75 Å². The van der Waals surface area contributed by atoms with Crippen LogP contribution in [0.1, 0.15) is 32.6 Å². The summed E-state index contributed by atoms with van der Waals surface area (Å²) in [5, 5.41) is 5.72. The van der Waals surface area contributed by atoms with Crippen LogP contribution in [0, 0.1) is 0 Å². The highest BCUT2D eigenvalue weighted by molar-refractivity contribution is 5.89. The predicted octanol–water partition coefficient (Wildman–Crippen LogP) is 3.08. The molecule has 0 bridgehead atoms. The number of carbonyl (C=O) groups is 1. The molecule has 0 spiro atoms. The third-order valence-electron chi connectivity index (χ3n) is 3.81. The number of hydrogen-bond donors (Lipinski definition) is 2. The van der Waals surface area contributed by atoms with Gasteiger partial charge in [-0.3, -0.25) is 0 Å². The van der Waals surface area contributed by atoms with Crippen LogP contribution in [0.2, 0.25) is 0 Å². The van der Waals surface area contributed by atoms with E-state index in [1.807, 2.05) is 31.2 Å². The average Bonchev–Trinajstić information content (AvgIpc) is 3.02.